The molecular formula is C15H15N5. The van der Waals surface area contributed by atoms with E-state index >= 15 is 0 Å². The van der Waals surface area contributed by atoms with Crippen molar-refractivity contribution in [3.05, 3.63) is 59.7 Å². The molecular weight excluding hydrogens is 250 g/mol. The van der Waals surface area contributed by atoms with Gasteiger partial charge in [-0.05, 0) is 40.6 Å². The quantitative estimate of drug-likeness (QED) is 0.738. The summed E-state index contributed by atoms with van der Waals surface area (Å²) >= 11 is 0. The molecule has 3 aromatic rings. The van der Waals surface area contributed by atoms with Crippen LogP contribution in [0.25, 0.3) is 11.4 Å². The Morgan fingerprint density at radius 2 is 1.80 bits per heavy atom. The Bertz CT molecular complexity index is 732. The largest absolute Gasteiger partial charge is 0.398 e. The molecule has 0 aliphatic carbocycles. The van der Waals surface area contributed by atoms with Crippen molar-refractivity contribution in [3.63, 3.8) is 0 Å². The molecule has 20 heavy (non-hydrogen) atoms. The molecule has 1 heterocycles. The molecule has 2 N–H and O–H groups in total. The molecule has 100 valence electrons. The number of hydrogen-bond acceptors (Lipinski definition) is 4. The van der Waals surface area contributed by atoms with Crippen molar-refractivity contribution in [2.75, 3.05) is 5.73 Å². The van der Waals surface area contributed by atoms with Crippen molar-refractivity contribution in [3.8, 4) is 11.4 Å². The molecule has 0 fully saturated rings. The lowest BCUT2D eigenvalue weighted by atomic mass is 10.1. The third kappa shape index (κ3) is 2.25. The van der Waals surface area contributed by atoms with Gasteiger partial charge in [0.15, 0.2) is 5.82 Å². The fourth-order valence-corrected chi connectivity index (χ4v) is 2.15. The van der Waals surface area contributed by atoms with E-state index in [2.05, 4.69) is 34.6 Å². The molecule has 0 unspecified atom stereocenters. The molecule has 0 aliphatic heterocycles. The van der Waals surface area contributed by atoms with Crippen molar-refractivity contribution >= 4 is 5.69 Å². The van der Waals surface area contributed by atoms with Crippen molar-refractivity contribution in [1.82, 2.24) is 20.2 Å². The number of tetrazole rings is 1. The summed E-state index contributed by atoms with van der Waals surface area (Å²) in [5.74, 6) is 0.686. The molecule has 0 saturated heterocycles. The highest BCUT2D eigenvalue weighted by Gasteiger charge is 2.12. The minimum atomic E-state index is 0.628. The Kier molecular flexibility index (Phi) is 3.16. The summed E-state index contributed by atoms with van der Waals surface area (Å²) in [6.07, 6.45) is 0. The fourth-order valence-electron chi connectivity index (χ4n) is 2.15. The molecule has 0 spiro atoms. The number of rotatable bonds is 3. The number of para-hydroxylation sites is 1. The van der Waals surface area contributed by atoms with Gasteiger partial charge in [-0.2, -0.15) is 0 Å². The predicted molar refractivity (Wildman–Crippen MR) is 77.9 cm³/mol. The van der Waals surface area contributed by atoms with Crippen LogP contribution in [0.15, 0.2) is 48.5 Å². The summed E-state index contributed by atoms with van der Waals surface area (Å²) in [5, 5.41) is 11.9. The molecule has 0 radical (unpaired) electrons. The van der Waals surface area contributed by atoms with Gasteiger partial charge in [-0.15, -0.1) is 5.10 Å². The van der Waals surface area contributed by atoms with Gasteiger partial charge in [0.05, 0.1) is 6.54 Å². The number of nitrogens with zero attached hydrogens (tertiary/aromatic N) is 4. The van der Waals surface area contributed by atoms with E-state index in [9.17, 15) is 0 Å². The van der Waals surface area contributed by atoms with Crippen LogP contribution in [0.3, 0.4) is 0 Å². The van der Waals surface area contributed by atoms with E-state index in [-0.39, 0.29) is 0 Å². The van der Waals surface area contributed by atoms with Crippen LogP contribution < -0.4 is 5.73 Å². The van der Waals surface area contributed by atoms with Gasteiger partial charge in [-0.25, -0.2) is 4.68 Å². The van der Waals surface area contributed by atoms with Gasteiger partial charge in [0, 0.05) is 11.3 Å². The van der Waals surface area contributed by atoms with Crippen molar-refractivity contribution in [2.45, 2.75) is 13.5 Å². The smallest absolute Gasteiger partial charge is 0.184 e. The van der Waals surface area contributed by atoms with E-state index in [4.69, 9.17) is 5.73 Å². The Morgan fingerprint density at radius 3 is 2.60 bits per heavy atom. The van der Waals surface area contributed by atoms with Crippen LogP contribution in [-0.2, 0) is 6.54 Å². The van der Waals surface area contributed by atoms with E-state index in [1.165, 1.54) is 11.1 Å². The Hall–Kier alpha value is -2.69. The van der Waals surface area contributed by atoms with Gasteiger partial charge < -0.3 is 5.73 Å². The van der Waals surface area contributed by atoms with Crippen LogP contribution in [-0.4, -0.2) is 20.2 Å². The first-order valence-corrected chi connectivity index (χ1v) is 6.41. The van der Waals surface area contributed by atoms with Gasteiger partial charge in [0.1, 0.15) is 0 Å². The highest BCUT2D eigenvalue weighted by Crippen LogP contribution is 2.23. The lowest BCUT2D eigenvalue weighted by Crippen LogP contribution is -2.06. The normalized spacial score (nSPS) is 10.7. The first-order valence-electron chi connectivity index (χ1n) is 6.41. The minimum Gasteiger partial charge on any atom is -0.398 e. The van der Waals surface area contributed by atoms with E-state index < -0.39 is 0 Å². The maximum Gasteiger partial charge on any atom is 0.184 e. The molecule has 0 atom stereocenters. The first kappa shape index (κ1) is 12.3. The third-order valence-electron chi connectivity index (χ3n) is 3.31. The lowest BCUT2D eigenvalue weighted by molar-refractivity contribution is 0.651. The molecule has 0 amide bonds. The average molecular weight is 265 g/mol. The van der Waals surface area contributed by atoms with Crippen LogP contribution in [0.5, 0.6) is 0 Å². The monoisotopic (exact) mass is 265 g/mol. The third-order valence-corrected chi connectivity index (χ3v) is 3.31. The van der Waals surface area contributed by atoms with Gasteiger partial charge in [-0.1, -0.05) is 36.4 Å². The first-order chi connectivity index (χ1) is 9.75. The van der Waals surface area contributed by atoms with E-state index in [0.29, 0.717) is 18.1 Å². The summed E-state index contributed by atoms with van der Waals surface area (Å²) in [6.45, 7) is 2.71. The molecule has 0 saturated carbocycles. The maximum absolute atomic E-state index is 6.00. The highest BCUT2D eigenvalue weighted by molar-refractivity contribution is 5.71. The Balaban J connectivity index is 2.00. The van der Waals surface area contributed by atoms with Crippen LogP contribution in [0.4, 0.5) is 5.69 Å². The van der Waals surface area contributed by atoms with E-state index in [1.807, 2.05) is 36.4 Å². The number of nitrogens with two attached hydrogens (primary N) is 1. The summed E-state index contributed by atoms with van der Waals surface area (Å²) in [4.78, 5) is 0. The molecule has 0 bridgehead atoms. The molecule has 5 nitrogen and oxygen atoms in total. The standard InChI is InChI=1S/C15H15N5/c1-11-6-2-3-7-12(11)10-20-15(17-18-19-20)13-8-4-5-9-14(13)16/h2-9H,10,16H2,1H3. The molecule has 5 heteroatoms. The highest BCUT2D eigenvalue weighted by atomic mass is 15.5. The van der Waals surface area contributed by atoms with Gasteiger partial charge in [0.25, 0.3) is 0 Å². The zero-order chi connectivity index (χ0) is 13.9. The minimum absolute atomic E-state index is 0.628. The van der Waals surface area contributed by atoms with Crippen LogP contribution in [0.2, 0.25) is 0 Å². The Labute approximate surface area is 117 Å². The van der Waals surface area contributed by atoms with Crippen molar-refractivity contribution < 1.29 is 0 Å². The molecule has 2 aromatic carbocycles. The van der Waals surface area contributed by atoms with E-state index in [1.54, 1.807) is 4.68 Å². The van der Waals surface area contributed by atoms with Crippen molar-refractivity contribution in [1.29, 1.82) is 0 Å². The van der Waals surface area contributed by atoms with Gasteiger partial charge in [0.2, 0.25) is 0 Å². The van der Waals surface area contributed by atoms with E-state index in [0.717, 1.165) is 5.56 Å². The summed E-state index contributed by atoms with van der Waals surface area (Å²) in [6, 6.07) is 15.8. The molecule has 1 aromatic heterocycles. The zero-order valence-corrected chi connectivity index (χ0v) is 11.2. The van der Waals surface area contributed by atoms with Crippen LogP contribution in [0.1, 0.15) is 11.1 Å². The van der Waals surface area contributed by atoms with Crippen molar-refractivity contribution in [2.24, 2.45) is 0 Å². The average Bonchev–Trinajstić information content (AvgIpc) is 2.90. The summed E-state index contributed by atoms with van der Waals surface area (Å²) in [7, 11) is 0. The second-order valence-corrected chi connectivity index (χ2v) is 4.67. The maximum atomic E-state index is 6.00. The summed E-state index contributed by atoms with van der Waals surface area (Å²) in [5.41, 5.74) is 9.93. The molecule has 3 rings (SSSR count). The number of nitrogen functional groups attached to an aromatic ring is 1. The number of aromatic nitrogens is 4. The topological polar surface area (TPSA) is 69.6 Å². The lowest BCUT2D eigenvalue weighted by Gasteiger charge is -2.08. The van der Waals surface area contributed by atoms with Gasteiger partial charge >= 0.3 is 0 Å². The van der Waals surface area contributed by atoms with Gasteiger partial charge in [-0.3, -0.25) is 0 Å². The fraction of sp³-hybridized carbons (Fsp3) is 0.133. The van der Waals surface area contributed by atoms with Crippen LogP contribution in [0, 0.1) is 6.92 Å². The summed E-state index contributed by atoms with van der Waals surface area (Å²) < 4.78 is 1.77. The second kappa shape index (κ2) is 5.13. The number of aryl methyl sites for hydroxylation is 1. The second-order valence-electron chi connectivity index (χ2n) is 4.67. The Morgan fingerprint density at radius 1 is 1.05 bits per heavy atom. The van der Waals surface area contributed by atoms with Crippen LogP contribution >= 0.6 is 0 Å². The zero-order valence-electron chi connectivity index (χ0n) is 11.2. The number of benzene rings is 2. The SMILES string of the molecule is Cc1ccccc1Cn1nnnc1-c1ccccc1N. The number of hydrogen-bond donors (Lipinski definition) is 1. The predicted octanol–water partition coefficient (Wildman–Crippen LogP) is 2.28. The number of anilines is 1. The molecule has 0 aliphatic rings.